The fraction of sp³-hybridized carbons (Fsp3) is 0.150. The summed E-state index contributed by atoms with van der Waals surface area (Å²) in [5, 5.41) is 2.94. The molecule has 0 bridgehead atoms. The molecule has 1 N–H and O–H groups in total. The van der Waals surface area contributed by atoms with E-state index in [1.165, 1.54) is 0 Å². The number of amides is 3. The lowest BCUT2D eigenvalue weighted by atomic mass is 10.2. The van der Waals surface area contributed by atoms with Crippen LogP contribution in [0.4, 0.5) is 4.79 Å². The number of nitrogens with zero attached hydrogens (tertiary/aromatic N) is 1. The van der Waals surface area contributed by atoms with Crippen LogP contribution in [0, 0.1) is 0 Å². The summed E-state index contributed by atoms with van der Waals surface area (Å²) >= 11 is 6.73. The highest BCUT2D eigenvalue weighted by atomic mass is 35.5. The van der Waals surface area contributed by atoms with E-state index in [9.17, 15) is 14.4 Å². The molecule has 1 heterocycles. The van der Waals surface area contributed by atoms with Crippen LogP contribution in [0.2, 0.25) is 5.02 Å². The van der Waals surface area contributed by atoms with Gasteiger partial charge in [0.2, 0.25) is 0 Å². The lowest BCUT2D eigenvalue weighted by Crippen LogP contribution is -2.37. The number of hydrogen-bond donors (Lipinski definition) is 1. The van der Waals surface area contributed by atoms with E-state index in [0.717, 1.165) is 22.2 Å². The quantitative estimate of drug-likeness (QED) is 0.724. The van der Waals surface area contributed by atoms with Crippen LogP contribution in [0.5, 0.6) is 5.75 Å². The molecule has 0 saturated carbocycles. The smallest absolute Gasteiger partial charge is 0.293 e. The van der Waals surface area contributed by atoms with E-state index in [2.05, 4.69) is 5.32 Å². The molecule has 1 fully saturated rings. The predicted molar refractivity (Wildman–Crippen MR) is 109 cm³/mol. The highest BCUT2D eigenvalue weighted by Gasteiger charge is 2.34. The molecule has 28 heavy (non-hydrogen) atoms. The van der Waals surface area contributed by atoms with E-state index in [0.29, 0.717) is 21.2 Å². The van der Waals surface area contributed by atoms with Crippen molar-refractivity contribution in [1.82, 2.24) is 10.2 Å². The predicted octanol–water partition coefficient (Wildman–Crippen LogP) is 3.81. The molecule has 2 aromatic carbocycles. The Hall–Kier alpha value is -2.77. The molecule has 1 aliphatic rings. The lowest BCUT2D eigenvalue weighted by molar-refractivity contribution is -0.122. The minimum absolute atomic E-state index is 0.102. The van der Waals surface area contributed by atoms with Crippen molar-refractivity contribution in [1.29, 1.82) is 0 Å². The Morgan fingerprint density at radius 1 is 1.14 bits per heavy atom. The molecule has 1 aliphatic heterocycles. The number of benzene rings is 2. The first-order chi connectivity index (χ1) is 13.5. The van der Waals surface area contributed by atoms with Crippen LogP contribution >= 0.6 is 23.4 Å². The van der Waals surface area contributed by atoms with E-state index in [1.54, 1.807) is 61.7 Å². The Labute approximate surface area is 171 Å². The second-order valence-corrected chi connectivity index (χ2v) is 7.30. The highest BCUT2D eigenvalue weighted by Crippen LogP contribution is 2.32. The Bertz CT molecular complexity index is 926. The third-order valence-electron chi connectivity index (χ3n) is 4.01. The monoisotopic (exact) mass is 416 g/mol. The molecule has 0 spiro atoms. The zero-order valence-electron chi connectivity index (χ0n) is 15.0. The van der Waals surface area contributed by atoms with E-state index in [1.807, 2.05) is 0 Å². The first kappa shape index (κ1) is 20.0. The maximum Gasteiger partial charge on any atom is 0.293 e. The number of methoxy groups -OCH3 is 1. The molecule has 0 radical (unpaired) electrons. The van der Waals surface area contributed by atoms with E-state index in [-0.39, 0.29) is 30.1 Å². The topological polar surface area (TPSA) is 75.7 Å². The molecule has 0 unspecified atom stereocenters. The number of carbonyl (C=O) groups is 3. The van der Waals surface area contributed by atoms with Crippen LogP contribution in [-0.4, -0.2) is 42.2 Å². The molecule has 8 heteroatoms. The second-order valence-electron chi connectivity index (χ2n) is 5.87. The first-order valence-electron chi connectivity index (χ1n) is 8.41. The van der Waals surface area contributed by atoms with Gasteiger partial charge in [0.05, 0.1) is 12.0 Å². The molecule has 3 amide bonds. The summed E-state index contributed by atoms with van der Waals surface area (Å²) in [5.41, 5.74) is 1.25. The molecular weight excluding hydrogens is 400 g/mol. The summed E-state index contributed by atoms with van der Waals surface area (Å²) < 4.78 is 5.05. The van der Waals surface area contributed by atoms with Crippen LogP contribution in [0.25, 0.3) is 6.08 Å². The van der Waals surface area contributed by atoms with Gasteiger partial charge in [0.25, 0.3) is 17.1 Å². The van der Waals surface area contributed by atoms with Crippen molar-refractivity contribution in [3.8, 4) is 5.75 Å². The van der Waals surface area contributed by atoms with Crippen LogP contribution in [0.3, 0.4) is 0 Å². The highest BCUT2D eigenvalue weighted by molar-refractivity contribution is 8.18. The van der Waals surface area contributed by atoms with Crippen LogP contribution in [-0.2, 0) is 4.79 Å². The number of thioether (sulfide) groups is 1. The van der Waals surface area contributed by atoms with Gasteiger partial charge in [-0.1, -0.05) is 23.7 Å². The van der Waals surface area contributed by atoms with Gasteiger partial charge in [0.15, 0.2) is 0 Å². The van der Waals surface area contributed by atoms with Crippen molar-refractivity contribution >= 4 is 46.5 Å². The van der Waals surface area contributed by atoms with Gasteiger partial charge in [-0.2, -0.15) is 0 Å². The second kappa shape index (κ2) is 8.95. The zero-order chi connectivity index (χ0) is 20.1. The number of halogens is 1. The van der Waals surface area contributed by atoms with Gasteiger partial charge in [0.1, 0.15) is 5.75 Å². The molecule has 6 nitrogen and oxygen atoms in total. The molecule has 3 rings (SSSR count). The average molecular weight is 417 g/mol. The van der Waals surface area contributed by atoms with Crippen molar-refractivity contribution in [2.24, 2.45) is 0 Å². The maximum atomic E-state index is 12.5. The minimum atomic E-state index is -0.372. The minimum Gasteiger partial charge on any atom is -0.497 e. The van der Waals surface area contributed by atoms with Gasteiger partial charge in [-0.3, -0.25) is 19.3 Å². The van der Waals surface area contributed by atoms with Crippen LogP contribution in [0.1, 0.15) is 15.9 Å². The van der Waals surface area contributed by atoms with Gasteiger partial charge < -0.3 is 10.1 Å². The summed E-state index contributed by atoms with van der Waals surface area (Å²) in [5.74, 6) is -0.00295. The maximum absolute atomic E-state index is 12.5. The molecule has 0 aromatic heterocycles. The largest absolute Gasteiger partial charge is 0.497 e. The summed E-state index contributed by atoms with van der Waals surface area (Å²) in [6, 6.07) is 13.6. The zero-order valence-corrected chi connectivity index (χ0v) is 16.5. The fourth-order valence-corrected chi connectivity index (χ4v) is 3.52. The molecule has 0 atom stereocenters. The Balaban J connectivity index is 1.57. The molecular formula is C20H17ClN2O4S. The Morgan fingerprint density at radius 3 is 2.46 bits per heavy atom. The Kier molecular flexibility index (Phi) is 6.38. The first-order valence-corrected chi connectivity index (χ1v) is 9.60. The van der Waals surface area contributed by atoms with E-state index >= 15 is 0 Å². The fourth-order valence-electron chi connectivity index (χ4n) is 2.53. The van der Waals surface area contributed by atoms with Crippen LogP contribution < -0.4 is 10.1 Å². The Morgan fingerprint density at radius 2 is 1.82 bits per heavy atom. The molecule has 2 aromatic rings. The SMILES string of the molecule is COc1ccc(C(=O)NCCN2C(=O)SC(=Cc3ccc(Cl)cc3)C2=O)cc1. The molecule has 144 valence electrons. The molecule has 1 saturated heterocycles. The van der Waals surface area contributed by atoms with Gasteiger partial charge in [-0.25, -0.2) is 0 Å². The summed E-state index contributed by atoms with van der Waals surface area (Å²) in [7, 11) is 1.55. The van der Waals surface area contributed by atoms with Gasteiger partial charge in [-0.15, -0.1) is 0 Å². The summed E-state index contributed by atoms with van der Waals surface area (Å²) in [6.45, 7) is 0.266. The number of nitrogens with one attached hydrogen (secondary N) is 1. The number of imide groups is 1. The lowest BCUT2D eigenvalue weighted by Gasteiger charge is -2.13. The van der Waals surface area contributed by atoms with E-state index in [4.69, 9.17) is 16.3 Å². The van der Waals surface area contributed by atoms with Crippen molar-refractivity contribution in [3.05, 3.63) is 69.6 Å². The summed E-state index contributed by atoms with van der Waals surface area (Å²) in [6.07, 6.45) is 1.65. The van der Waals surface area contributed by atoms with Crippen LogP contribution in [0.15, 0.2) is 53.4 Å². The third-order valence-corrected chi connectivity index (χ3v) is 5.17. The van der Waals surface area contributed by atoms with Crippen molar-refractivity contribution < 1.29 is 19.1 Å². The third kappa shape index (κ3) is 4.74. The normalized spacial score (nSPS) is 15.2. The van der Waals surface area contributed by atoms with Gasteiger partial charge >= 0.3 is 0 Å². The van der Waals surface area contributed by atoms with Gasteiger partial charge in [-0.05, 0) is 59.8 Å². The average Bonchev–Trinajstić information content (AvgIpc) is 2.97. The standard InChI is InChI=1S/C20H17ClN2O4S/c1-27-16-8-4-14(5-9-16)18(24)22-10-11-23-19(25)17(28-20(23)26)12-13-2-6-15(21)7-3-13/h2-9,12H,10-11H2,1H3,(H,22,24). The number of carbonyl (C=O) groups excluding carboxylic acids is 3. The van der Waals surface area contributed by atoms with Gasteiger partial charge in [0, 0.05) is 23.7 Å². The number of hydrogen-bond acceptors (Lipinski definition) is 5. The number of rotatable bonds is 6. The van der Waals surface area contributed by atoms with Crippen molar-refractivity contribution in [2.45, 2.75) is 0 Å². The molecule has 0 aliphatic carbocycles. The van der Waals surface area contributed by atoms with E-state index < -0.39 is 0 Å². The van der Waals surface area contributed by atoms with Crippen molar-refractivity contribution in [2.75, 3.05) is 20.2 Å². The number of ether oxygens (including phenoxy) is 1. The van der Waals surface area contributed by atoms with Crippen molar-refractivity contribution in [3.63, 3.8) is 0 Å². The summed E-state index contributed by atoms with van der Waals surface area (Å²) in [4.78, 5) is 38.2.